The molecule has 0 spiro atoms. The Morgan fingerprint density at radius 1 is 1.05 bits per heavy atom. The molecule has 1 saturated heterocycles. The third-order valence-electron chi connectivity index (χ3n) is 6.45. The van der Waals surface area contributed by atoms with Gasteiger partial charge in [-0.1, -0.05) is 0 Å². The van der Waals surface area contributed by atoms with E-state index in [-0.39, 0.29) is 11.7 Å². The average molecular weight is 521 g/mol. The van der Waals surface area contributed by atoms with Crippen LogP contribution in [0.3, 0.4) is 0 Å². The van der Waals surface area contributed by atoms with Crippen molar-refractivity contribution in [2.75, 3.05) is 26.0 Å². The Morgan fingerprint density at radius 3 is 2.46 bits per heavy atom. The fraction of sp³-hybridized carbons (Fsp3) is 0.259. The third kappa shape index (κ3) is 5.58. The average Bonchev–Trinajstić information content (AvgIpc) is 3.31. The van der Waals surface area contributed by atoms with Gasteiger partial charge in [-0.2, -0.15) is 5.26 Å². The van der Waals surface area contributed by atoms with E-state index < -0.39 is 10.0 Å². The minimum absolute atomic E-state index is 0.224. The molecule has 0 bridgehead atoms. The highest BCUT2D eigenvalue weighted by Gasteiger charge is 2.25. The number of imidazole rings is 1. The van der Waals surface area contributed by atoms with Crippen LogP contribution in [0, 0.1) is 23.1 Å². The van der Waals surface area contributed by atoms with E-state index in [1.807, 2.05) is 16.7 Å². The zero-order valence-electron chi connectivity index (χ0n) is 20.2. The molecular weight excluding hydrogens is 495 g/mol. The Kier molecular flexibility index (Phi) is 6.82. The molecule has 2 heterocycles. The summed E-state index contributed by atoms with van der Waals surface area (Å²) in [6, 6.07) is 18.9. The summed E-state index contributed by atoms with van der Waals surface area (Å²) in [6.45, 7) is 1.38. The molecule has 8 nitrogen and oxygen atoms in total. The molecule has 0 amide bonds. The Hall–Kier alpha value is -3.94. The number of aromatic nitrogens is 2. The molecule has 4 aromatic rings. The van der Waals surface area contributed by atoms with E-state index in [4.69, 9.17) is 9.47 Å². The van der Waals surface area contributed by atoms with Crippen molar-refractivity contribution in [1.82, 2.24) is 13.9 Å². The lowest BCUT2D eigenvalue weighted by Crippen LogP contribution is -2.39. The van der Waals surface area contributed by atoms with Gasteiger partial charge >= 0.3 is 0 Å². The van der Waals surface area contributed by atoms with Crippen LogP contribution in [0.15, 0.2) is 67.0 Å². The zero-order chi connectivity index (χ0) is 26.0. The van der Waals surface area contributed by atoms with Crippen LogP contribution in [0.5, 0.6) is 17.2 Å². The van der Waals surface area contributed by atoms with E-state index in [1.54, 1.807) is 42.7 Å². The second-order valence-electron chi connectivity index (χ2n) is 9.03. The molecule has 5 rings (SSSR count). The smallest absolute Gasteiger partial charge is 0.211 e. The van der Waals surface area contributed by atoms with Crippen LogP contribution in [-0.4, -0.2) is 48.2 Å². The zero-order valence-corrected chi connectivity index (χ0v) is 21.0. The Labute approximate surface area is 214 Å². The molecule has 0 radical (unpaired) electrons. The molecule has 0 aliphatic carbocycles. The van der Waals surface area contributed by atoms with E-state index >= 15 is 0 Å². The standard InChI is InChI=1S/C27H25FN4O4S/c1-37(33,34)31-12-10-19(11-13-31)17-35-27-9-7-23(14-20(27)16-29)36-24-6-8-26-25(15-24)30-18-32(26)22-4-2-21(28)3-5-22/h2-9,14-15,18-19H,10-13,17H2,1H3. The van der Waals surface area contributed by atoms with Crippen molar-refractivity contribution in [3.8, 4) is 29.0 Å². The highest BCUT2D eigenvalue weighted by Crippen LogP contribution is 2.30. The number of sulfonamides is 1. The number of ether oxygens (including phenoxy) is 2. The van der Waals surface area contributed by atoms with Crippen molar-refractivity contribution >= 4 is 21.1 Å². The Balaban J connectivity index is 1.25. The molecule has 1 aromatic heterocycles. The first-order valence-corrected chi connectivity index (χ1v) is 13.7. The monoisotopic (exact) mass is 520 g/mol. The number of benzene rings is 3. The van der Waals surface area contributed by atoms with Crippen molar-refractivity contribution in [2.24, 2.45) is 5.92 Å². The van der Waals surface area contributed by atoms with Crippen LogP contribution in [0.2, 0.25) is 0 Å². The highest BCUT2D eigenvalue weighted by molar-refractivity contribution is 7.88. The van der Waals surface area contributed by atoms with Crippen molar-refractivity contribution < 1.29 is 22.3 Å². The van der Waals surface area contributed by atoms with Gasteiger partial charge < -0.3 is 9.47 Å². The topological polar surface area (TPSA) is 97.4 Å². The van der Waals surface area contributed by atoms with E-state index in [2.05, 4.69) is 11.1 Å². The predicted molar refractivity (Wildman–Crippen MR) is 137 cm³/mol. The number of nitriles is 1. The number of hydrogen-bond acceptors (Lipinski definition) is 6. The molecule has 0 unspecified atom stereocenters. The van der Waals surface area contributed by atoms with Gasteiger partial charge in [-0.05, 0) is 67.3 Å². The number of piperidine rings is 1. The predicted octanol–water partition coefficient (Wildman–Crippen LogP) is 4.88. The van der Waals surface area contributed by atoms with Crippen LogP contribution in [0.25, 0.3) is 16.7 Å². The third-order valence-corrected chi connectivity index (χ3v) is 7.75. The van der Waals surface area contributed by atoms with Crippen LogP contribution in [-0.2, 0) is 10.0 Å². The normalized spacial score (nSPS) is 14.9. The SMILES string of the molecule is CS(=O)(=O)N1CCC(COc2ccc(Oc3ccc4c(c3)ncn4-c3ccc(F)cc3)cc2C#N)CC1. The lowest BCUT2D eigenvalue weighted by atomic mass is 9.99. The molecule has 0 saturated carbocycles. The van der Waals surface area contributed by atoms with Gasteiger partial charge in [0.2, 0.25) is 10.0 Å². The minimum Gasteiger partial charge on any atom is -0.492 e. The first-order chi connectivity index (χ1) is 17.8. The minimum atomic E-state index is -3.17. The maximum absolute atomic E-state index is 13.3. The lowest BCUT2D eigenvalue weighted by molar-refractivity contribution is 0.185. The molecule has 37 heavy (non-hydrogen) atoms. The molecular formula is C27H25FN4O4S. The van der Waals surface area contributed by atoms with Gasteiger partial charge in [0.1, 0.15) is 35.5 Å². The van der Waals surface area contributed by atoms with Gasteiger partial charge in [-0.25, -0.2) is 22.1 Å². The quantitative estimate of drug-likeness (QED) is 0.345. The van der Waals surface area contributed by atoms with Gasteiger partial charge in [0.25, 0.3) is 0 Å². The van der Waals surface area contributed by atoms with Gasteiger partial charge in [0.15, 0.2) is 0 Å². The lowest BCUT2D eigenvalue weighted by Gasteiger charge is -2.30. The van der Waals surface area contributed by atoms with Crippen LogP contribution >= 0.6 is 0 Å². The summed E-state index contributed by atoms with van der Waals surface area (Å²) < 4.78 is 51.9. The number of rotatable bonds is 7. The maximum atomic E-state index is 13.3. The van der Waals surface area contributed by atoms with Crippen LogP contribution < -0.4 is 9.47 Å². The first-order valence-electron chi connectivity index (χ1n) is 11.8. The van der Waals surface area contributed by atoms with Crippen molar-refractivity contribution in [3.05, 3.63) is 78.4 Å². The fourth-order valence-corrected chi connectivity index (χ4v) is 5.27. The molecule has 3 aromatic carbocycles. The Morgan fingerprint density at radius 2 is 1.76 bits per heavy atom. The second-order valence-corrected chi connectivity index (χ2v) is 11.0. The summed E-state index contributed by atoms with van der Waals surface area (Å²) in [5, 5.41) is 9.64. The van der Waals surface area contributed by atoms with E-state index in [9.17, 15) is 18.1 Å². The first kappa shape index (κ1) is 24.7. The molecule has 0 atom stereocenters. The Bertz CT molecular complexity index is 1570. The maximum Gasteiger partial charge on any atom is 0.211 e. The van der Waals surface area contributed by atoms with Crippen LogP contribution in [0.1, 0.15) is 18.4 Å². The van der Waals surface area contributed by atoms with Gasteiger partial charge in [0, 0.05) is 30.9 Å². The van der Waals surface area contributed by atoms with Gasteiger partial charge in [-0.3, -0.25) is 4.57 Å². The number of halogens is 1. The number of nitrogens with zero attached hydrogens (tertiary/aromatic N) is 4. The van der Waals surface area contributed by atoms with Crippen molar-refractivity contribution in [2.45, 2.75) is 12.8 Å². The largest absolute Gasteiger partial charge is 0.492 e. The van der Waals surface area contributed by atoms with Crippen molar-refractivity contribution in [1.29, 1.82) is 5.26 Å². The molecule has 1 aliphatic rings. The second kappa shape index (κ2) is 10.2. The summed E-state index contributed by atoms with van der Waals surface area (Å²) in [4.78, 5) is 4.43. The van der Waals surface area contributed by atoms with Gasteiger partial charge in [0.05, 0.1) is 29.5 Å². The summed E-state index contributed by atoms with van der Waals surface area (Å²) in [5.74, 6) is 1.44. The van der Waals surface area contributed by atoms with Gasteiger partial charge in [-0.15, -0.1) is 0 Å². The fourth-order valence-electron chi connectivity index (χ4n) is 4.40. The molecule has 190 valence electrons. The highest BCUT2D eigenvalue weighted by atomic mass is 32.2. The van der Waals surface area contributed by atoms with E-state index in [0.29, 0.717) is 48.0 Å². The van der Waals surface area contributed by atoms with Crippen LogP contribution in [0.4, 0.5) is 4.39 Å². The number of fused-ring (bicyclic) bond motifs is 1. The summed E-state index contributed by atoms with van der Waals surface area (Å²) >= 11 is 0. The molecule has 0 N–H and O–H groups in total. The molecule has 1 fully saturated rings. The molecule has 1 aliphatic heterocycles. The van der Waals surface area contributed by atoms with E-state index in [0.717, 1.165) is 24.0 Å². The molecule has 10 heteroatoms. The summed E-state index contributed by atoms with van der Waals surface area (Å²) in [5.41, 5.74) is 2.72. The van der Waals surface area contributed by atoms with Crippen molar-refractivity contribution in [3.63, 3.8) is 0 Å². The summed E-state index contributed by atoms with van der Waals surface area (Å²) in [7, 11) is -3.17. The number of hydrogen-bond donors (Lipinski definition) is 0. The summed E-state index contributed by atoms with van der Waals surface area (Å²) in [6.07, 6.45) is 4.34. The van der Waals surface area contributed by atoms with E-state index in [1.165, 1.54) is 22.7 Å².